The maximum absolute atomic E-state index is 12.6. The summed E-state index contributed by atoms with van der Waals surface area (Å²) in [6, 6.07) is 7.25. The Hall–Kier alpha value is -1.67. The van der Waals surface area contributed by atoms with Crippen LogP contribution in [-0.4, -0.2) is 69.8 Å². The number of rotatable bonds is 6. The number of anilines is 1. The molecule has 2 aliphatic rings. The lowest BCUT2D eigenvalue weighted by atomic mass is 10.2. The van der Waals surface area contributed by atoms with Crippen molar-refractivity contribution in [2.24, 2.45) is 0 Å². The van der Waals surface area contributed by atoms with Crippen LogP contribution in [0.2, 0.25) is 0 Å². The molecule has 0 aromatic heterocycles. The lowest BCUT2D eigenvalue weighted by Gasteiger charge is -2.27. The topological polar surface area (TPSA) is 69.7 Å². The molecule has 2 aliphatic heterocycles. The van der Waals surface area contributed by atoms with E-state index in [1.54, 1.807) is 16.7 Å². The Kier molecular flexibility index (Phi) is 7.07. The highest BCUT2D eigenvalue weighted by molar-refractivity contribution is 8.00. The smallest absolute Gasteiger partial charge is 0.246 e. The van der Waals surface area contributed by atoms with Crippen LogP contribution in [0.4, 0.5) is 5.69 Å². The van der Waals surface area contributed by atoms with E-state index in [0.29, 0.717) is 11.6 Å². The molecule has 0 radical (unpaired) electrons. The summed E-state index contributed by atoms with van der Waals surface area (Å²) in [6.45, 7) is 3.59. The third-order valence-corrected chi connectivity index (χ3v) is 6.63. The first-order valence-electron chi connectivity index (χ1n) is 9.15. The molecule has 2 saturated heterocycles. The van der Waals surface area contributed by atoms with E-state index in [-0.39, 0.29) is 35.3 Å². The molecule has 0 bridgehead atoms. The number of aryl methyl sites for hydroxylation is 1. The van der Waals surface area contributed by atoms with Gasteiger partial charge in [0.2, 0.25) is 17.7 Å². The molecule has 1 aromatic rings. The molecule has 27 heavy (non-hydrogen) atoms. The summed E-state index contributed by atoms with van der Waals surface area (Å²) >= 11 is 2.90. The summed E-state index contributed by atoms with van der Waals surface area (Å²) in [6.07, 6.45) is 2.09. The fourth-order valence-electron chi connectivity index (χ4n) is 3.19. The monoisotopic (exact) mass is 407 g/mol. The average molecular weight is 408 g/mol. The van der Waals surface area contributed by atoms with Crippen molar-refractivity contribution in [2.45, 2.75) is 25.8 Å². The maximum atomic E-state index is 12.6. The van der Waals surface area contributed by atoms with Crippen molar-refractivity contribution in [1.82, 2.24) is 9.80 Å². The van der Waals surface area contributed by atoms with Gasteiger partial charge in [-0.15, -0.1) is 23.5 Å². The summed E-state index contributed by atoms with van der Waals surface area (Å²) < 4.78 is 0. The molecule has 146 valence electrons. The quantitative estimate of drug-likeness (QED) is 0.783. The number of nitrogens with zero attached hydrogens (tertiary/aromatic N) is 2. The van der Waals surface area contributed by atoms with Gasteiger partial charge in [-0.1, -0.05) is 17.7 Å². The first-order valence-corrected chi connectivity index (χ1v) is 11.5. The Bertz CT molecular complexity index is 690. The van der Waals surface area contributed by atoms with Crippen molar-refractivity contribution >= 4 is 46.9 Å². The van der Waals surface area contributed by atoms with Gasteiger partial charge in [0.25, 0.3) is 0 Å². The van der Waals surface area contributed by atoms with Crippen LogP contribution in [0.15, 0.2) is 24.3 Å². The summed E-state index contributed by atoms with van der Waals surface area (Å²) in [5, 5.41) is 2.83. The molecule has 1 unspecified atom stereocenters. The third kappa shape index (κ3) is 5.42. The molecule has 3 rings (SSSR count). The second-order valence-corrected chi connectivity index (χ2v) is 8.80. The van der Waals surface area contributed by atoms with Gasteiger partial charge in [0.15, 0.2) is 0 Å². The standard InChI is InChI=1S/C19H25N3O3S2/c1-14-4-6-15(7-5-14)20-17(23)11-26-12-18(24)22-13-27-10-16(22)19(25)21-8-2-3-9-21/h4-7,16H,2-3,8-13H2,1H3,(H,20,23). The van der Waals surface area contributed by atoms with Gasteiger partial charge in [-0.3, -0.25) is 14.4 Å². The van der Waals surface area contributed by atoms with Crippen molar-refractivity contribution in [3.8, 4) is 0 Å². The van der Waals surface area contributed by atoms with E-state index in [1.165, 1.54) is 11.8 Å². The number of amides is 3. The molecule has 6 nitrogen and oxygen atoms in total. The van der Waals surface area contributed by atoms with E-state index < -0.39 is 0 Å². The molecule has 8 heteroatoms. The normalized spacial score (nSPS) is 19.4. The highest BCUT2D eigenvalue weighted by atomic mass is 32.2. The van der Waals surface area contributed by atoms with Gasteiger partial charge in [0.1, 0.15) is 6.04 Å². The van der Waals surface area contributed by atoms with Crippen LogP contribution in [0.5, 0.6) is 0 Å². The first-order chi connectivity index (χ1) is 13.0. The van der Waals surface area contributed by atoms with Gasteiger partial charge in [0.05, 0.1) is 17.4 Å². The molecule has 0 saturated carbocycles. The fourth-order valence-corrected chi connectivity index (χ4v) is 5.06. The third-order valence-electron chi connectivity index (χ3n) is 4.70. The molecule has 1 atom stereocenters. The number of likely N-dealkylation sites (tertiary alicyclic amines) is 1. The second-order valence-electron chi connectivity index (χ2n) is 6.82. The number of carbonyl (C=O) groups excluding carboxylic acids is 3. The molecule has 2 heterocycles. The van der Waals surface area contributed by atoms with Gasteiger partial charge in [-0.25, -0.2) is 0 Å². The van der Waals surface area contributed by atoms with Crippen molar-refractivity contribution in [3.05, 3.63) is 29.8 Å². The van der Waals surface area contributed by atoms with Crippen LogP contribution in [-0.2, 0) is 14.4 Å². The molecule has 1 N–H and O–H groups in total. The highest BCUT2D eigenvalue weighted by Crippen LogP contribution is 2.25. The van der Waals surface area contributed by atoms with E-state index in [2.05, 4.69) is 5.32 Å². The summed E-state index contributed by atoms with van der Waals surface area (Å²) in [5.74, 6) is 1.53. The Labute approximate surface area is 168 Å². The predicted octanol–water partition coefficient (Wildman–Crippen LogP) is 2.19. The van der Waals surface area contributed by atoms with E-state index in [4.69, 9.17) is 0 Å². The van der Waals surface area contributed by atoms with E-state index in [1.807, 2.05) is 36.1 Å². The predicted molar refractivity (Wildman–Crippen MR) is 111 cm³/mol. The van der Waals surface area contributed by atoms with Gasteiger partial charge in [0, 0.05) is 24.5 Å². The zero-order chi connectivity index (χ0) is 19.2. The lowest BCUT2D eigenvalue weighted by Crippen LogP contribution is -2.48. The molecule has 0 spiro atoms. The number of benzene rings is 1. The minimum absolute atomic E-state index is 0.0642. The van der Waals surface area contributed by atoms with Crippen LogP contribution < -0.4 is 5.32 Å². The maximum Gasteiger partial charge on any atom is 0.246 e. The van der Waals surface area contributed by atoms with Crippen LogP contribution >= 0.6 is 23.5 Å². The van der Waals surface area contributed by atoms with Crippen LogP contribution in [0.1, 0.15) is 18.4 Å². The van der Waals surface area contributed by atoms with E-state index >= 15 is 0 Å². The Morgan fingerprint density at radius 1 is 1.15 bits per heavy atom. The van der Waals surface area contributed by atoms with Crippen molar-refractivity contribution < 1.29 is 14.4 Å². The van der Waals surface area contributed by atoms with Crippen molar-refractivity contribution in [2.75, 3.05) is 41.5 Å². The number of carbonyl (C=O) groups is 3. The first kappa shape index (κ1) is 20.1. The van der Waals surface area contributed by atoms with Crippen LogP contribution in [0.25, 0.3) is 0 Å². The molecule has 2 fully saturated rings. The zero-order valence-electron chi connectivity index (χ0n) is 15.5. The second kappa shape index (κ2) is 9.50. The van der Waals surface area contributed by atoms with E-state index in [0.717, 1.165) is 37.2 Å². The molecule has 3 amide bonds. The Morgan fingerprint density at radius 2 is 1.85 bits per heavy atom. The van der Waals surface area contributed by atoms with Gasteiger partial charge < -0.3 is 15.1 Å². The number of thioether (sulfide) groups is 2. The Morgan fingerprint density at radius 3 is 2.56 bits per heavy atom. The van der Waals surface area contributed by atoms with Gasteiger partial charge in [-0.05, 0) is 31.9 Å². The Balaban J connectivity index is 1.43. The average Bonchev–Trinajstić information content (AvgIpc) is 3.35. The largest absolute Gasteiger partial charge is 0.341 e. The minimum atomic E-state index is -0.345. The summed E-state index contributed by atoms with van der Waals surface area (Å²) in [5.41, 5.74) is 1.89. The minimum Gasteiger partial charge on any atom is -0.341 e. The highest BCUT2D eigenvalue weighted by Gasteiger charge is 2.37. The van der Waals surface area contributed by atoms with Gasteiger partial charge >= 0.3 is 0 Å². The molecular weight excluding hydrogens is 382 g/mol. The number of nitrogens with one attached hydrogen (secondary N) is 1. The molecule has 0 aliphatic carbocycles. The fraction of sp³-hybridized carbons (Fsp3) is 0.526. The summed E-state index contributed by atoms with van der Waals surface area (Å²) in [7, 11) is 0. The number of hydrogen-bond acceptors (Lipinski definition) is 5. The lowest BCUT2D eigenvalue weighted by molar-refractivity contribution is -0.141. The number of hydrogen-bond donors (Lipinski definition) is 1. The van der Waals surface area contributed by atoms with Crippen molar-refractivity contribution in [3.63, 3.8) is 0 Å². The van der Waals surface area contributed by atoms with Crippen molar-refractivity contribution in [1.29, 1.82) is 0 Å². The van der Waals surface area contributed by atoms with E-state index in [9.17, 15) is 14.4 Å². The molecule has 1 aromatic carbocycles. The zero-order valence-corrected chi connectivity index (χ0v) is 17.1. The van der Waals surface area contributed by atoms with Crippen LogP contribution in [0.3, 0.4) is 0 Å². The van der Waals surface area contributed by atoms with Crippen LogP contribution in [0, 0.1) is 6.92 Å². The van der Waals surface area contributed by atoms with Gasteiger partial charge in [-0.2, -0.15) is 0 Å². The molecular formula is C19H25N3O3S2. The SMILES string of the molecule is Cc1ccc(NC(=O)CSCC(=O)N2CSCC2C(=O)N2CCCC2)cc1. The summed E-state index contributed by atoms with van der Waals surface area (Å²) in [4.78, 5) is 40.7.